The first-order valence-corrected chi connectivity index (χ1v) is 13.5. The van der Waals surface area contributed by atoms with Crippen molar-refractivity contribution in [2.75, 3.05) is 14.2 Å². The van der Waals surface area contributed by atoms with E-state index in [1.165, 1.54) is 15.6 Å². The van der Waals surface area contributed by atoms with Crippen molar-refractivity contribution in [1.82, 2.24) is 0 Å². The molecule has 0 bridgehead atoms. The second-order valence-corrected chi connectivity index (χ2v) is 14.2. The van der Waals surface area contributed by atoms with E-state index in [9.17, 15) is 5.11 Å². The highest BCUT2D eigenvalue weighted by molar-refractivity contribution is 7.13. The van der Waals surface area contributed by atoms with Crippen LogP contribution in [0.4, 0.5) is 0 Å². The maximum atomic E-state index is 10.8. The SMILES string of the molecule is COc1ccc([Si](c2ccc(OC)cc2)(c2ccccc2-c2ccccc2O)C(C)(C)C)cc1. The molecule has 174 valence electrons. The van der Waals surface area contributed by atoms with Gasteiger partial charge in [-0.25, -0.2) is 0 Å². The van der Waals surface area contributed by atoms with E-state index in [1.807, 2.05) is 18.2 Å². The number of benzene rings is 4. The first-order valence-electron chi connectivity index (χ1n) is 11.5. The highest BCUT2D eigenvalue weighted by Crippen LogP contribution is 2.39. The Labute approximate surface area is 203 Å². The number of hydrogen-bond donors (Lipinski definition) is 1. The maximum Gasteiger partial charge on any atom is 0.154 e. The van der Waals surface area contributed by atoms with Gasteiger partial charge in [0.2, 0.25) is 0 Å². The fourth-order valence-corrected chi connectivity index (χ4v) is 11.0. The van der Waals surface area contributed by atoms with E-state index in [4.69, 9.17) is 9.47 Å². The zero-order chi connectivity index (χ0) is 24.3. The standard InChI is InChI=1S/C30H32O3Si/c1-30(2,3)34(24-18-14-22(32-4)15-19-24,25-20-16-23(33-5)17-21-25)29-13-9-7-11-27(29)26-10-6-8-12-28(26)31/h6-21,31H,1-5H3. The third kappa shape index (κ3) is 3.99. The van der Waals surface area contributed by atoms with Gasteiger partial charge >= 0.3 is 0 Å². The highest BCUT2D eigenvalue weighted by atomic mass is 28.3. The first kappa shape index (κ1) is 23.6. The molecule has 0 heterocycles. The summed E-state index contributed by atoms with van der Waals surface area (Å²) in [4.78, 5) is 0. The number of rotatable bonds is 6. The first-order chi connectivity index (χ1) is 16.3. The summed E-state index contributed by atoms with van der Waals surface area (Å²) in [5.41, 5.74) is 1.91. The second-order valence-electron chi connectivity index (χ2n) is 9.52. The van der Waals surface area contributed by atoms with Crippen molar-refractivity contribution < 1.29 is 14.6 Å². The van der Waals surface area contributed by atoms with Gasteiger partial charge in [-0.2, -0.15) is 0 Å². The van der Waals surface area contributed by atoms with Gasteiger partial charge in [-0.15, -0.1) is 0 Å². The Morgan fingerprint density at radius 3 is 1.47 bits per heavy atom. The lowest BCUT2D eigenvalue weighted by atomic mass is 10.0. The van der Waals surface area contributed by atoms with Crippen LogP contribution in [-0.4, -0.2) is 27.4 Å². The molecular weight excluding hydrogens is 436 g/mol. The molecule has 4 rings (SSSR count). The molecular formula is C30H32O3Si. The van der Waals surface area contributed by atoms with Gasteiger partial charge in [0, 0.05) is 5.56 Å². The summed E-state index contributed by atoms with van der Waals surface area (Å²) in [5.74, 6) is 1.96. The third-order valence-corrected chi connectivity index (χ3v) is 12.6. The Kier molecular flexibility index (Phi) is 6.53. The Bertz CT molecular complexity index is 1210. The predicted octanol–water partition coefficient (Wildman–Crippen LogP) is 5.35. The molecule has 0 atom stereocenters. The monoisotopic (exact) mass is 468 g/mol. The quantitative estimate of drug-likeness (QED) is 0.306. The molecule has 0 unspecified atom stereocenters. The predicted molar refractivity (Wildman–Crippen MR) is 144 cm³/mol. The van der Waals surface area contributed by atoms with E-state index < -0.39 is 8.07 Å². The number of phenolic OH excluding ortho intramolecular Hbond substituents is 1. The minimum Gasteiger partial charge on any atom is -0.507 e. The van der Waals surface area contributed by atoms with Crippen LogP contribution in [0.1, 0.15) is 20.8 Å². The van der Waals surface area contributed by atoms with Gasteiger partial charge < -0.3 is 14.6 Å². The van der Waals surface area contributed by atoms with Crippen LogP contribution < -0.4 is 25.0 Å². The van der Waals surface area contributed by atoms with Crippen molar-refractivity contribution >= 4 is 23.6 Å². The van der Waals surface area contributed by atoms with Gasteiger partial charge in [0.25, 0.3) is 0 Å². The lowest BCUT2D eigenvalue weighted by Gasteiger charge is -2.45. The molecule has 0 aromatic heterocycles. The van der Waals surface area contributed by atoms with Crippen LogP contribution in [0.5, 0.6) is 17.2 Å². The van der Waals surface area contributed by atoms with E-state index in [-0.39, 0.29) is 10.8 Å². The molecule has 3 nitrogen and oxygen atoms in total. The van der Waals surface area contributed by atoms with Crippen LogP contribution in [0.3, 0.4) is 0 Å². The van der Waals surface area contributed by atoms with E-state index in [2.05, 4.69) is 93.6 Å². The summed E-state index contributed by atoms with van der Waals surface area (Å²) in [6, 6.07) is 33.2. The fraction of sp³-hybridized carbons (Fsp3) is 0.200. The Hall–Kier alpha value is -3.50. The smallest absolute Gasteiger partial charge is 0.154 e. The minimum atomic E-state index is -2.67. The number of para-hydroxylation sites is 1. The van der Waals surface area contributed by atoms with Crippen molar-refractivity contribution in [2.24, 2.45) is 0 Å². The molecule has 4 aromatic rings. The molecule has 0 spiro atoms. The van der Waals surface area contributed by atoms with Crippen LogP contribution in [0.15, 0.2) is 97.1 Å². The summed E-state index contributed by atoms with van der Waals surface area (Å²) in [5, 5.41) is 14.6. The van der Waals surface area contributed by atoms with Crippen molar-refractivity contribution in [2.45, 2.75) is 25.8 Å². The number of aromatic hydroxyl groups is 1. The van der Waals surface area contributed by atoms with Crippen LogP contribution in [0.2, 0.25) is 5.04 Å². The summed E-state index contributed by atoms with van der Waals surface area (Å²) < 4.78 is 11.0. The van der Waals surface area contributed by atoms with Crippen molar-refractivity contribution in [3.63, 3.8) is 0 Å². The average Bonchev–Trinajstić information content (AvgIpc) is 2.85. The maximum absolute atomic E-state index is 10.8. The van der Waals surface area contributed by atoms with Gasteiger partial charge in [0.1, 0.15) is 17.2 Å². The van der Waals surface area contributed by atoms with Gasteiger partial charge in [-0.1, -0.05) is 87.5 Å². The van der Waals surface area contributed by atoms with E-state index in [1.54, 1.807) is 20.3 Å². The number of hydrogen-bond acceptors (Lipinski definition) is 3. The summed E-state index contributed by atoms with van der Waals surface area (Å²) in [6.45, 7) is 6.99. The minimum absolute atomic E-state index is 0.101. The third-order valence-electron chi connectivity index (χ3n) is 6.70. The molecule has 0 saturated heterocycles. The molecule has 4 aromatic carbocycles. The number of ether oxygens (including phenoxy) is 2. The molecule has 0 saturated carbocycles. The van der Waals surface area contributed by atoms with Crippen molar-refractivity contribution in [3.05, 3.63) is 97.1 Å². The van der Waals surface area contributed by atoms with E-state index in [0.717, 1.165) is 22.6 Å². The number of phenols is 1. The van der Waals surface area contributed by atoms with Crippen molar-refractivity contribution in [1.29, 1.82) is 0 Å². The summed E-state index contributed by atoms with van der Waals surface area (Å²) in [7, 11) is 0.720. The van der Waals surface area contributed by atoms with E-state index in [0.29, 0.717) is 0 Å². The van der Waals surface area contributed by atoms with E-state index >= 15 is 0 Å². The topological polar surface area (TPSA) is 38.7 Å². The lowest BCUT2D eigenvalue weighted by molar-refractivity contribution is 0.415. The largest absolute Gasteiger partial charge is 0.507 e. The highest BCUT2D eigenvalue weighted by Gasteiger charge is 2.50. The lowest BCUT2D eigenvalue weighted by Crippen LogP contribution is -2.72. The van der Waals surface area contributed by atoms with Gasteiger partial charge in [0.05, 0.1) is 14.2 Å². The zero-order valence-corrected chi connectivity index (χ0v) is 21.5. The second kappa shape index (κ2) is 9.39. The Morgan fingerprint density at radius 2 is 1.03 bits per heavy atom. The van der Waals surface area contributed by atoms with Crippen LogP contribution in [0.25, 0.3) is 11.1 Å². The zero-order valence-electron chi connectivity index (χ0n) is 20.5. The van der Waals surface area contributed by atoms with Crippen molar-refractivity contribution in [3.8, 4) is 28.4 Å². The van der Waals surface area contributed by atoms with Crippen LogP contribution in [0, 0.1) is 0 Å². The average molecular weight is 469 g/mol. The van der Waals surface area contributed by atoms with Gasteiger partial charge in [0.15, 0.2) is 8.07 Å². The Morgan fingerprint density at radius 1 is 0.588 bits per heavy atom. The Balaban J connectivity index is 2.13. The van der Waals surface area contributed by atoms with Crippen LogP contribution in [-0.2, 0) is 0 Å². The molecule has 34 heavy (non-hydrogen) atoms. The fourth-order valence-electron chi connectivity index (χ4n) is 5.18. The normalized spacial score (nSPS) is 11.8. The molecule has 0 aliphatic carbocycles. The van der Waals surface area contributed by atoms with Gasteiger partial charge in [-0.3, -0.25) is 0 Å². The molecule has 0 aliphatic heterocycles. The molecule has 0 aliphatic rings. The molecule has 4 heteroatoms. The molecule has 0 radical (unpaired) electrons. The van der Waals surface area contributed by atoms with Crippen LogP contribution >= 0.6 is 0 Å². The molecule has 1 N–H and O–H groups in total. The molecule has 0 fully saturated rings. The molecule has 0 amide bonds. The summed E-state index contributed by atoms with van der Waals surface area (Å²) in [6.07, 6.45) is 0. The summed E-state index contributed by atoms with van der Waals surface area (Å²) >= 11 is 0. The van der Waals surface area contributed by atoms with Gasteiger partial charge in [-0.05, 0) is 56.5 Å². The number of methoxy groups -OCH3 is 2.